The van der Waals surface area contributed by atoms with Crippen LogP contribution in [0.3, 0.4) is 0 Å². The maximum Gasteiger partial charge on any atom is 0.0945 e. The van der Waals surface area contributed by atoms with E-state index in [1.165, 1.54) is 5.39 Å². The van der Waals surface area contributed by atoms with Crippen LogP contribution < -0.4 is 0 Å². The molecule has 2 heterocycles. The maximum absolute atomic E-state index is 4.61. The van der Waals surface area contributed by atoms with Crippen molar-refractivity contribution >= 4 is 10.9 Å². The summed E-state index contributed by atoms with van der Waals surface area (Å²) < 4.78 is 2.09. The maximum atomic E-state index is 4.61. The number of aryl methyl sites for hydroxylation is 1. The van der Waals surface area contributed by atoms with Crippen LogP contribution in [0.1, 0.15) is 5.69 Å². The number of fused-ring (bicyclic) bond motifs is 1. The normalized spacial score (nSPS) is 10.8. The fourth-order valence-corrected chi connectivity index (χ4v) is 1.93. The van der Waals surface area contributed by atoms with Crippen molar-refractivity contribution in [2.75, 3.05) is 0 Å². The van der Waals surface area contributed by atoms with Gasteiger partial charge in [0.1, 0.15) is 0 Å². The number of hydrogen-bond donors (Lipinski definition) is 0. The van der Waals surface area contributed by atoms with Gasteiger partial charge in [0.15, 0.2) is 0 Å². The van der Waals surface area contributed by atoms with Gasteiger partial charge >= 0.3 is 0 Å². The Bertz CT molecular complexity index is 624. The third-order valence-corrected chi connectivity index (χ3v) is 2.72. The molecule has 0 fully saturated rings. The Kier molecular flexibility index (Phi) is 2.00. The van der Waals surface area contributed by atoms with Crippen LogP contribution in [-0.4, -0.2) is 9.55 Å². The second kappa shape index (κ2) is 3.49. The van der Waals surface area contributed by atoms with Crippen molar-refractivity contribution in [1.82, 2.24) is 9.55 Å². The Hall–Kier alpha value is -2.09. The molecule has 0 bridgehead atoms. The minimum Gasteiger partial charge on any atom is -0.322 e. The Labute approximate surface area is 94.2 Å². The lowest BCUT2D eigenvalue weighted by atomic mass is 10.2. The molecule has 0 spiro atoms. The molecule has 0 aliphatic heterocycles. The zero-order valence-electron chi connectivity index (χ0n) is 9.09. The Morgan fingerprint density at radius 3 is 2.56 bits per heavy atom. The molecule has 1 aromatic carbocycles. The highest BCUT2D eigenvalue weighted by atomic mass is 15.0. The minimum atomic E-state index is 1.05. The van der Waals surface area contributed by atoms with E-state index in [1.54, 1.807) is 0 Å². The molecule has 0 saturated carbocycles. The monoisotopic (exact) mass is 208 g/mol. The molecule has 16 heavy (non-hydrogen) atoms. The molecule has 0 atom stereocenters. The standard InChI is InChI=1S/C14H12N2/c1-11-7-8-12-5-4-6-13(14(12)15-11)16-9-2-3-10-16/h2-10H,1H3. The summed E-state index contributed by atoms with van der Waals surface area (Å²) in [6, 6.07) is 14.5. The summed E-state index contributed by atoms with van der Waals surface area (Å²) in [5.74, 6) is 0. The van der Waals surface area contributed by atoms with Gasteiger partial charge in [-0.05, 0) is 31.2 Å². The predicted molar refractivity (Wildman–Crippen MR) is 65.8 cm³/mol. The summed E-state index contributed by atoms with van der Waals surface area (Å²) in [5, 5.41) is 1.18. The van der Waals surface area contributed by atoms with E-state index in [4.69, 9.17) is 0 Å². The SMILES string of the molecule is Cc1ccc2cccc(-n3cccc3)c2n1. The average molecular weight is 208 g/mol. The van der Waals surface area contributed by atoms with Crippen molar-refractivity contribution in [3.63, 3.8) is 0 Å². The molecule has 2 nitrogen and oxygen atoms in total. The molecule has 0 amide bonds. The quantitative estimate of drug-likeness (QED) is 0.599. The van der Waals surface area contributed by atoms with Gasteiger partial charge < -0.3 is 4.57 Å². The molecule has 0 N–H and O–H groups in total. The van der Waals surface area contributed by atoms with Crippen molar-refractivity contribution in [2.24, 2.45) is 0 Å². The Balaban J connectivity index is 2.36. The lowest BCUT2D eigenvalue weighted by Gasteiger charge is -2.07. The average Bonchev–Trinajstić information content (AvgIpc) is 2.81. The van der Waals surface area contributed by atoms with Crippen LogP contribution in [0, 0.1) is 6.92 Å². The summed E-state index contributed by atoms with van der Waals surface area (Å²) in [5.41, 5.74) is 3.23. The molecule has 0 unspecified atom stereocenters. The summed E-state index contributed by atoms with van der Waals surface area (Å²) in [7, 11) is 0. The fraction of sp³-hybridized carbons (Fsp3) is 0.0714. The second-order valence-corrected chi connectivity index (χ2v) is 3.89. The highest BCUT2D eigenvalue weighted by Crippen LogP contribution is 2.20. The van der Waals surface area contributed by atoms with Crippen LogP contribution in [0.5, 0.6) is 0 Å². The number of para-hydroxylation sites is 1. The zero-order valence-corrected chi connectivity index (χ0v) is 9.09. The third-order valence-electron chi connectivity index (χ3n) is 2.72. The van der Waals surface area contributed by atoms with Crippen LogP contribution in [0.2, 0.25) is 0 Å². The van der Waals surface area contributed by atoms with Crippen LogP contribution in [0.25, 0.3) is 16.6 Å². The van der Waals surface area contributed by atoms with E-state index < -0.39 is 0 Å². The van der Waals surface area contributed by atoms with E-state index in [9.17, 15) is 0 Å². The van der Waals surface area contributed by atoms with Crippen molar-refractivity contribution in [3.05, 3.63) is 60.6 Å². The number of benzene rings is 1. The second-order valence-electron chi connectivity index (χ2n) is 3.89. The van der Waals surface area contributed by atoms with E-state index in [0.29, 0.717) is 0 Å². The van der Waals surface area contributed by atoms with Gasteiger partial charge in [0, 0.05) is 23.5 Å². The van der Waals surface area contributed by atoms with Gasteiger partial charge in [-0.15, -0.1) is 0 Å². The van der Waals surface area contributed by atoms with Gasteiger partial charge in [-0.3, -0.25) is 4.98 Å². The molecule has 78 valence electrons. The Morgan fingerprint density at radius 2 is 1.75 bits per heavy atom. The van der Waals surface area contributed by atoms with E-state index in [2.05, 4.69) is 33.8 Å². The first-order valence-corrected chi connectivity index (χ1v) is 5.34. The number of hydrogen-bond acceptors (Lipinski definition) is 1. The molecule has 0 radical (unpaired) electrons. The molecular formula is C14H12N2. The number of pyridine rings is 1. The molecular weight excluding hydrogens is 196 g/mol. The van der Waals surface area contributed by atoms with Gasteiger partial charge in [-0.25, -0.2) is 0 Å². The van der Waals surface area contributed by atoms with Gasteiger partial charge in [-0.1, -0.05) is 18.2 Å². The Morgan fingerprint density at radius 1 is 0.938 bits per heavy atom. The van der Waals surface area contributed by atoms with Gasteiger partial charge in [0.05, 0.1) is 11.2 Å². The lowest BCUT2D eigenvalue weighted by molar-refractivity contribution is 1.08. The highest BCUT2D eigenvalue weighted by Gasteiger charge is 2.03. The molecule has 2 heteroatoms. The summed E-state index contributed by atoms with van der Waals surface area (Å²) in [6.07, 6.45) is 4.08. The summed E-state index contributed by atoms with van der Waals surface area (Å²) >= 11 is 0. The van der Waals surface area contributed by atoms with Gasteiger partial charge in [0.2, 0.25) is 0 Å². The summed E-state index contributed by atoms with van der Waals surface area (Å²) in [4.78, 5) is 4.61. The number of nitrogens with zero attached hydrogens (tertiary/aromatic N) is 2. The van der Waals surface area contributed by atoms with Crippen LogP contribution in [0.15, 0.2) is 54.9 Å². The van der Waals surface area contributed by atoms with Crippen LogP contribution >= 0.6 is 0 Å². The van der Waals surface area contributed by atoms with E-state index in [1.807, 2.05) is 37.5 Å². The zero-order chi connectivity index (χ0) is 11.0. The van der Waals surface area contributed by atoms with Crippen LogP contribution in [0.4, 0.5) is 0 Å². The largest absolute Gasteiger partial charge is 0.322 e. The molecule has 2 aromatic heterocycles. The van der Waals surface area contributed by atoms with Gasteiger partial charge in [-0.2, -0.15) is 0 Å². The summed E-state index contributed by atoms with van der Waals surface area (Å²) in [6.45, 7) is 2.02. The first-order valence-electron chi connectivity index (χ1n) is 5.34. The third kappa shape index (κ3) is 1.39. The minimum absolute atomic E-state index is 1.05. The van der Waals surface area contributed by atoms with Crippen molar-refractivity contribution in [1.29, 1.82) is 0 Å². The highest BCUT2D eigenvalue weighted by molar-refractivity contribution is 5.86. The van der Waals surface area contributed by atoms with E-state index in [0.717, 1.165) is 16.9 Å². The smallest absolute Gasteiger partial charge is 0.0945 e. The van der Waals surface area contributed by atoms with Crippen LogP contribution in [-0.2, 0) is 0 Å². The predicted octanol–water partition coefficient (Wildman–Crippen LogP) is 3.33. The molecule has 0 aliphatic rings. The van der Waals surface area contributed by atoms with Gasteiger partial charge in [0.25, 0.3) is 0 Å². The van der Waals surface area contributed by atoms with Crippen molar-refractivity contribution in [3.8, 4) is 5.69 Å². The number of rotatable bonds is 1. The molecule has 0 aliphatic carbocycles. The molecule has 3 aromatic rings. The topological polar surface area (TPSA) is 17.8 Å². The number of aromatic nitrogens is 2. The molecule has 3 rings (SSSR count). The molecule has 0 saturated heterocycles. The van der Waals surface area contributed by atoms with Crippen molar-refractivity contribution < 1.29 is 0 Å². The lowest BCUT2D eigenvalue weighted by Crippen LogP contribution is -1.94. The first kappa shape index (κ1) is 9.16. The van der Waals surface area contributed by atoms with E-state index in [-0.39, 0.29) is 0 Å². The van der Waals surface area contributed by atoms with Crippen molar-refractivity contribution in [2.45, 2.75) is 6.92 Å². The first-order chi connectivity index (χ1) is 7.84. The van der Waals surface area contributed by atoms with E-state index >= 15 is 0 Å². The fourth-order valence-electron chi connectivity index (χ4n) is 1.93.